The summed E-state index contributed by atoms with van der Waals surface area (Å²) in [6.45, 7) is 5.16. The van der Waals surface area contributed by atoms with E-state index in [0.29, 0.717) is 24.1 Å². The van der Waals surface area contributed by atoms with E-state index in [-0.39, 0.29) is 6.03 Å². The van der Waals surface area contributed by atoms with Crippen LogP contribution in [-0.4, -0.2) is 56.4 Å². The van der Waals surface area contributed by atoms with Crippen LogP contribution in [-0.2, 0) is 0 Å². The zero-order valence-corrected chi connectivity index (χ0v) is 15.3. The second kappa shape index (κ2) is 9.28. The number of hydrogen-bond donors (Lipinski definition) is 2. The minimum atomic E-state index is -0.193. The summed E-state index contributed by atoms with van der Waals surface area (Å²) in [5.41, 5.74) is 0.651. The highest BCUT2D eigenvalue weighted by atomic mass is 16.2. The predicted octanol–water partition coefficient (Wildman–Crippen LogP) is 2.44. The van der Waals surface area contributed by atoms with Crippen LogP contribution < -0.4 is 10.6 Å². The third-order valence-corrected chi connectivity index (χ3v) is 4.71. The van der Waals surface area contributed by atoms with E-state index in [2.05, 4.69) is 37.5 Å². The first-order chi connectivity index (χ1) is 12.8. The van der Waals surface area contributed by atoms with E-state index in [0.717, 1.165) is 19.5 Å². The van der Waals surface area contributed by atoms with Gasteiger partial charge in [0.1, 0.15) is 12.7 Å². The Bertz CT molecular complexity index is 671. The fourth-order valence-corrected chi connectivity index (χ4v) is 3.25. The molecule has 8 heteroatoms. The minimum absolute atomic E-state index is 0.193. The molecule has 0 saturated carbocycles. The monoisotopic (exact) mass is 357 g/mol. The van der Waals surface area contributed by atoms with Gasteiger partial charge in [-0.3, -0.25) is 4.90 Å². The average molecular weight is 357 g/mol. The molecular weight excluding hydrogens is 330 g/mol. The molecular formula is C18H27N7O. The number of piperidine rings is 1. The summed E-state index contributed by atoms with van der Waals surface area (Å²) < 4.78 is 1.57. The smallest absolute Gasteiger partial charge is 0.319 e. The van der Waals surface area contributed by atoms with E-state index < -0.39 is 0 Å². The van der Waals surface area contributed by atoms with Crippen molar-refractivity contribution in [3.8, 4) is 5.82 Å². The highest BCUT2D eigenvalue weighted by Crippen LogP contribution is 2.17. The normalized spacial score (nSPS) is 17.8. The number of hydrogen-bond acceptors (Lipinski definition) is 5. The fourth-order valence-electron chi connectivity index (χ4n) is 3.25. The predicted molar refractivity (Wildman–Crippen MR) is 100 cm³/mol. The molecule has 1 aliphatic heterocycles. The molecule has 2 amide bonds. The number of pyridine rings is 1. The molecule has 2 N–H and O–H groups in total. The van der Waals surface area contributed by atoms with Crippen molar-refractivity contribution >= 4 is 11.7 Å². The van der Waals surface area contributed by atoms with Crippen LogP contribution in [0.4, 0.5) is 10.5 Å². The third-order valence-electron chi connectivity index (χ3n) is 4.71. The van der Waals surface area contributed by atoms with E-state index in [4.69, 9.17) is 0 Å². The molecule has 0 spiro atoms. The zero-order chi connectivity index (χ0) is 18.2. The molecule has 0 aliphatic carbocycles. The molecule has 0 bridgehead atoms. The maximum Gasteiger partial charge on any atom is 0.319 e. The van der Waals surface area contributed by atoms with Gasteiger partial charge in [-0.25, -0.2) is 19.4 Å². The summed E-state index contributed by atoms with van der Waals surface area (Å²) in [5.74, 6) is 0.655. The minimum Gasteiger partial charge on any atom is -0.336 e. The number of carbonyl (C=O) groups excluding carboxylic acids is 1. The number of anilines is 1. The van der Waals surface area contributed by atoms with E-state index in [1.165, 1.54) is 32.0 Å². The Kier molecular flexibility index (Phi) is 6.54. The first-order valence-corrected chi connectivity index (χ1v) is 9.36. The molecule has 1 fully saturated rings. The van der Waals surface area contributed by atoms with Crippen LogP contribution >= 0.6 is 0 Å². The van der Waals surface area contributed by atoms with Gasteiger partial charge in [0.15, 0.2) is 5.82 Å². The summed E-state index contributed by atoms with van der Waals surface area (Å²) in [5, 5.41) is 9.86. The van der Waals surface area contributed by atoms with Crippen LogP contribution in [0, 0.1) is 0 Å². The number of likely N-dealkylation sites (tertiary alicyclic amines) is 1. The number of urea groups is 1. The Morgan fingerprint density at radius 2 is 2.27 bits per heavy atom. The summed E-state index contributed by atoms with van der Waals surface area (Å²) in [6.07, 6.45) is 10.7. The van der Waals surface area contributed by atoms with Gasteiger partial charge in [-0.2, -0.15) is 5.10 Å². The van der Waals surface area contributed by atoms with Crippen molar-refractivity contribution in [1.29, 1.82) is 0 Å². The zero-order valence-electron chi connectivity index (χ0n) is 15.3. The van der Waals surface area contributed by atoms with Crippen molar-refractivity contribution in [2.75, 3.05) is 25.0 Å². The van der Waals surface area contributed by atoms with E-state index in [9.17, 15) is 4.79 Å². The number of carbonyl (C=O) groups is 1. The molecule has 1 atom stereocenters. The number of nitrogens with zero attached hydrogens (tertiary/aromatic N) is 5. The van der Waals surface area contributed by atoms with Gasteiger partial charge >= 0.3 is 6.03 Å². The van der Waals surface area contributed by atoms with Crippen LogP contribution in [0.5, 0.6) is 0 Å². The first-order valence-electron chi connectivity index (χ1n) is 9.36. The van der Waals surface area contributed by atoms with Gasteiger partial charge in [-0.1, -0.05) is 19.8 Å². The van der Waals surface area contributed by atoms with Gasteiger partial charge < -0.3 is 10.6 Å². The summed E-state index contributed by atoms with van der Waals surface area (Å²) in [6, 6.07) is 3.84. The fraction of sp³-hybridized carbons (Fsp3) is 0.556. The Hall–Kier alpha value is -2.48. The number of unbranched alkanes of at least 4 members (excludes halogenated alkanes) is 1. The number of nitrogens with one attached hydrogen (secondary N) is 2. The molecule has 1 aliphatic rings. The van der Waals surface area contributed by atoms with Crippen molar-refractivity contribution in [3.63, 3.8) is 0 Å². The lowest BCUT2D eigenvalue weighted by atomic mass is 10.0. The Balaban J connectivity index is 1.47. The van der Waals surface area contributed by atoms with Gasteiger partial charge in [0.25, 0.3) is 0 Å². The van der Waals surface area contributed by atoms with Crippen LogP contribution in [0.1, 0.15) is 39.0 Å². The number of amides is 2. The highest BCUT2D eigenvalue weighted by molar-refractivity contribution is 5.89. The van der Waals surface area contributed by atoms with Crippen LogP contribution in [0.25, 0.3) is 5.82 Å². The summed E-state index contributed by atoms with van der Waals surface area (Å²) in [7, 11) is 0. The maximum absolute atomic E-state index is 12.2. The largest absolute Gasteiger partial charge is 0.336 e. The molecule has 8 nitrogen and oxygen atoms in total. The number of rotatable bonds is 7. The molecule has 2 aromatic rings. The van der Waals surface area contributed by atoms with Crippen molar-refractivity contribution in [2.45, 2.75) is 45.1 Å². The second-order valence-electron chi connectivity index (χ2n) is 6.62. The Morgan fingerprint density at radius 1 is 1.35 bits per heavy atom. The van der Waals surface area contributed by atoms with Crippen LogP contribution in [0.3, 0.4) is 0 Å². The van der Waals surface area contributed by atoms with Gasteiger partial charge in [-0.15, -0.1) is 0 Å². The summed E-state index contributed by atoms with van der Waals surface area (Å²) >= 11 is 0. The highest BCUT2D eigenvalue weighted by Gasteiger charge is 2.22. The van der Waals surface area contributed by atoms with Gasteiger partial charge in [0.05, 0.1) is 11.9 Å². The molecule has 3 heterocycles. The van der Waals surface area contributed by atoms with E-state index >= 15 is 0 Å². The third kappa shape index (κ3) is 5.01. The molecule has 0 radical (unpaired) electrons. The average Bonchev–Trinajstić information content (AvgIpc) is 3.21. The van der Waals surface area contributed by atoms with E-state index in [1.54, 1.807) is 29.3 Å². The molecule has 140 valence electrons. The van der Waals surface area contributed by atoms with Crippen molar-refractivity contribution in [1.82, 2.24) is 30.0 Å². The van der Waals surface area contributed by atoms with Crippen LogP contribution in [0.2, 0.25) is 0 Å². The Morgan fingerprint density at radius 3 is 3.00 bits per heavy atom. The Labute approximate surface area is 154 Å². The molecule has 0 aromatic carbocycles. The van der Waals surface area contributed by atoms with Gasteiger partial charge in [0, 0.05) is 12.6 Å². The summed E-state index contributed by atoms with van der Waals surface area (Å²) in [4.78, 5) is 22.9. The second-order valence-corrected chi connectivity index (χ2v) is 6.62. The SMILES string of the molecule is CCCCN1CCCCC1CNC(=O)Nc1ccc(-n2cncn2)nc1. The van der Waals surface area contributed by atoms with Gasteiger partial charge in [-0.05, 0) is 44.5 Å². The molecule has 1 unspecified atom stereocenters. The molecule has 1 saturated heterocycles. The standard InChI is InChI=1S/C18H27N7O/c1-2-3-9-24-10-5-4-6-16(24)12-21-18(26)23-15-7-8-17(20-11-15)25-14-19-13-22-25/h7-8,11,13-14,16H,2-6,9-10,12H2,1H3,(H2,21,23,26). The van der Waals surface area contributed by atoms with E-state index in [1.807, 2.05) is 0 Å². The lowest BCUT2D eigenvalue weighted by Gasteiger charge is -2.35. The van der Waals surface area contributed by atoms with Crippen molar-refractivity contribution in [3.05, 3.63) is 31.0 Å². The first kappa shape index (κ1) is 18.3. The quantitative estimate of drug-likeness (QED) is 0.795. The maximum atomic E-state index is 12.2. The molecule has 26 heavy (non-hydrogen) atoms. The lowest BCUT2D eigenvalue weighted by Crippen LogP contribution is -2.47. The lowest BCUT2D eigenvalue weighted by molar-refractivity contribution is 0.145. The molecule has 2 aromatic heterocycles. The van der Waals surface area contributed by atoms with Gasteiger partial charge in [0.2, 0.25) is 0 Å². The van der Waals surface area contributed by atoms with Crippen molar-refractivity contribution in [2.24, 2.45) is 0 Å². The number of aromatic nitrogens is 4. The molecule has 3 rings (SSSR count). The van der Waals surface area contributed by atoms with Crippen molar-refractivity contribution < 1.29 is 4.79 Å². The topological polar surface area (TPSA) is 88.0 Å². The van der Waals surface area contributed by atoms with Crippen LogP contribution in [0.15, 0.2) is 31.0 Å².